The van der Waals surface area contributed by atoms with Gasteiger partial charge in [0.1, 0.15) is 0 Å². The van der Waals surface area contributed by atoms with Crippen LogP contribution in [0.5, 0.6) is 0 Å². The van der Waals surface area contributed by atoms with Gasteiger partial charge in [-0.1, -0.05) is 30.7 Å². The van der Waals surface area contributed by atoms with Crippen molar-refractivity contribution < 1.29 is 0 Å². The minimum atomic E-state index is 0. The normalized spacial score (nSPS) is 18.0. The second kappa shape index (κ2) is 8.41. The second-order valence-corrected chi connectivity index (χ2v) is 5.93. The highest BCUT2D eigenvalue weighted by molar-refractivity contribution is 14.0. The molecule has 2 aliphatic rings. The summed E-state index contributed by atoms with van der Waals surface area (Å²) in [6.45, 7) is 3.60. The Balaban J connectivity index is 0.00000176. The first kappa shape index (κ1) is 17.1. The second-order valence-electron chi connectivity index (χ2n) is 5.93. The Morgan fingerprint density at radius 2 is 2.05 bits per heavy atom. The van der Waals surface area contributed by atoms with Gasteiger partial charge in [0.15, 0.2) is 5.96 Å². The summed E-state index contributed by atoms with van der Waals surface area (Å²) in [6, 6.07) is 8.56. The number of anilines is 1. The van der Waals surface area contributed by atoms with Gasteiger partial charge in [-0.3, -0.25) is 0 Å². The van der Waals surface area contributed by atoms with E-state index in [1.165, 1.54) is 30.5 Å². The van der Waals surface area contributed by atoms with E-state index in [4.69, 9.17) is 5.73 Å². The lowest BCUT2D eigenvalue weighted by Crippen LogP contribution is -2.37. The fourth-order valence-electron chi connectivity index (χ4n) is 2.72. The lowest BCUT2D eigenvalue weighted by Gasteiger charge is -2.25. The smallest absolute Gasteiger partial charge is 0.188 e. The van der Waals surface area contributed by atoms with Crippen LogP contribution in [0, 0.1) is 5.92 Å². The van der Waals surface area contributed by atoms with E-state index >= 15 is 0 Å². The third kappa shape index (κ3) is 4.63. The van der Waals surface area contributed by atoms with Gasteiger partial charge in [0, 0.05) is 25.3 Å². The molecule has 0 spiro atoms. The Morgan fingerprint density at radius 3 is 2.73 bits per heavy atom. The topological polar surface area (TPSA) is 53.6 Å². The highest BCUT2D eigenvalue weighted by Gasteiger charge is 2.16. The first-order chi connectivity index (χ1) is 10.3. The number of guanidine groups is 1. The summed E-state index contributed by atoms with van der Waals surface area (Å²) in [5.41, 5.74) is 8.39. The summed E-state index contributed by atoms with van der Waals surface area (Å²) in [6.07, 6.45) is 8.42. The van der Waals surface area contributed by atoms with E-state index in [2.05, 4.69) is 51.6 Å². The summed E-state index contributed by atoms with van der Waals surface area (Å²) in [5.74, 6) is 1.36. The maximum atomic E-state index is 5.93. The number of benzene rings is 1. The largest absolute Gasteiger partial charge is 0.370 e. The molecule has 1 saturated carbocycles. The van der Waals surface area contributed by atoms with Crippen LogP contribution in [-0.4, -0.2) is 25.6 Å². The first-order valence-corrected chi connectivity index (χ1v) is 7.84. The number of nitrogens with zero attached hydrogens (tertiary/aromatic N) is 2. The molecule has 1 fully saturated rings. The van der Waals surface area contributed by atoms with Gasteiger partial charge in [-0.15, -0.1) is 24.0 Å². The van der Waals surface area contributed by atoms with Crippen molar-refractivity contribution in [3.05, 3.63) is 42.0 Å². The van der Waals surface area contributed by atoms with E-state index in [0.717, 1.165) is 25.6 Å². The van der Waals surface area contributed by atoms with Gasteiger partial charge in [0.2, 0.25) is 0 Å². The molecule has 0 unspecified atom stereocenters. The molecule has 120 valence electrons. The number of hydrogen-bond donors (Lipinski definition) is 2. The van der Waals surface area contributed by atoms with Crippen LogP contribution in [0.2, 0.25) is 0 Å². The Hall–Kier alpha value is -1.24. The quantitative estimate of drug-likeness (QED) is 0.339. The fourth-order valence-corrected chi connectivity index (χ4v) is 2.72. The maximum Gasteiger partial charge on any atom is 0.188 e. The molecule has 1 aliphatic heterocycles. The summed E-state index contributed by atoms with van der Waals surface area (Å²) < 4.78 is 0. The van der Waals surface area contributed by atoms with E-state index in [1.807, 2.05) is 0 Å². The molecule has 3 rings (SSSR count). The van der Waals surface area contributed by atoms with E-state index in [9.17, 15) is 0 Å². The average Bonchev–Trinajstić information content (AvgIpc) is 2.98. The summed E-state index contributed by atoms with van der Waals surface area (Å²) in [7, 11) is 0. The van der Waals surface area contributed by atoms with Gasteiger partial charge in [0.05, 0.1) is 6.54 Å². The van der Waals surface area contributed by atoms with E-state index in [1.54, 1.807) is 0 Å². The lowest BCUT2D eigenvalue weighted by atomic mass is 9.85. The minimum absolute atomic E-state index is 0. The minimum Gasteiger partial charge on any atom is -0.370 e. The summed E-state index contributed by atoms with van der Waals surface area (Å²) >= 11 is 0. The van der Waals surface area contributed by atoms with Crippen molar-refractivity contribution in [2.24, 2.45) is 16.6 Å². The Kier molecular flexibility index (Phi) is 6.54. The van der Waals surface area contributed by atoms with Crippen LogP contribution in [0.1, 0.15) is 24.8 Å². The van der Waals surface area contributed by atoms with Crippen molar-refractivity contribution in [1.29, 1.82) is 0 Å². The van der Waals surface area contributed by atoms with Gasteiger partial charge in [-0.2, -0.15) is 0 Å². The van der Waals surface area contributed by atoms with Crippen LogP contribution in [0.25, 0.3) is 0 Å². The highest BCUT2D eigenvalue weighted by atomic mass is 127. The third-order valence-corrected chi connectivity index (χ3v) is 4.32. The zero-order chi connectivity index (χ0) is 14.5. The molecule has 0 bridgehead atoms. The molecule has 0 radical (unpaired) electrons. The molecule has 0 atom stereocenters. The third-order valence-electron chi connectivity index (χ3n) is 4.32. The molecular weight excluding hydrogens is 387 g/mol. The summed E-state index contributed by atoms with van der Waals surface area (Å²) in [5, 5.41) is 3.23. The molecule has 22 heavy (non-hydrogen) atoms. The predicted octanol–water partition coefficient (Wildman–Crippen LogP) is 2.89. The van der Waals surface area contributed by atoms with Crippen molar-refractivity contribution in [3.63, 3.8) is 0 Å². The molecule has 1 aromatic rings. The van der Waals surface area contributed by atoms with Gasteiger partial charge in [-0.25, -0.2) is 4.99 Å². The van der Waals surface area contributed by atoms with E-state index in [-0.39, 0.29) is 24.0 Å². The van der Waals surface area contributed by atoms with Crippen LogP contribution >= 0.6 is 24.0 Å². The van der Waals surface area contributed by atoms with Crippen molar-refractivity contribution in [2.45, 2.75) is 25.8 Å². The van der Waals surface area contributed by atoms with Gasteiger partial charge < -0.3 is 16.0 Å². The Morgan fingerprint density at radius 1 is 1.27 bits per heavy atom. The standard InChI is InChI=1S/C17H24N4.HI/c18-17(19-12-14-5-3-6-14)20-13-15-7-4-8-16(11-15)21-9-1-2-10-21;/h1-2,4,7-8,11,14H,3,5-6,9-10,12-13H2,(H3,18,19,20);1H. The monoisotopic (exact) mass is 412 g/mol. The molecule has 1 aliphatic carbocycles. The summed E-state index contributed by atoms with van der Waals surface area (Å²) in [4.78, 5) is 6.78. The van der Waals surface area contributed by atoms with E-state index < -0.39 is 0 Å². The number of rotatable bonds is 5. The Labute approximate surface area is 149 Å². The molecular formula is C17H25IN4. The predicted molar refractivity (Wildman–Crippen MR) is 104 cm³/mol. The maximum absolute atomic E-state index is 5.93. The Bertz CT molecular complexity index is 529. The highest BCUT2D eigenvalue weighted by Crippen LogP contribution is 2.25. The number of aliphatic imine (C=N–C) groups is 1. The van der Waals surface area contributed by atoms with Crippen LogP contribution < -0.4 is 16.0 Å². The number of halogens is 1. The van der Waals surface area contributed by atoms with Crippen molar-refractivity contribution in [2.75, 3.05) is 24.5 Å². The molecule has 4 nitrogen and oxygen atoms in total. The molecule has 1 aromatic carbocycles. The average molecular weight is 412 g/mol. The van der Waals surface area contributed by atoms with Gasteiger partial charge in [0.25, 0.3) is 0 Å². The van der Waals surface area contributed by atoms with Crippen LogP contribution in [0.3, 0.4) is 0 Å². The molecule has 1 heterocycles. The zero-order valence-electron chi connectivity index (χ0n) is 12.9. The molecule has 0 aromatic heterocycles. The van der Waals surface area contributed by atoms with Crippen LogP contribution in [-0.2, 0) is 6.54 Å². The number of nitrogens with two attached hydrogens (primary N) is 1. The van der Waals surface area contributed by atoms with Crippen LogP contribution in [0.15, 0.2) is 41.4 Å². The number of hydrogen-bond acceptors (Lipinski definition) is 2. The van der Waals surface area contributed by atoms with E-state index in [0.29, 0.717) is 12.5 Å². The van der Waals surface area contributed by atoms with Gasteiger partial charge in [-0.05, 0) is 36.5 Å². The molecule has 3 N–H and O–H groups in total. The van der Waals surface area contributed by atoms with Crippen molar-refractivity contribution in [3.8, 4) is 0 Å². The van der Waals surface area contributed by atoms with Crippen LogP contribution in [0.4, 0.5) is 5.69 Å². The SMILES string of the molecule is I.NC(=NCc1cccc(N2CC=CC2)c1)NCC1CCC1. The zero-order valence-corrected chi connectivity index (χ0v) is 15.2. The molecule has 5 heteroatoms. The lowest BCUT2D eigenvalue weighted by molar-refractivity contribution is 0.315. The molecule has 0 amide bonds. The van der Waals surface area contributed by atoms with Crippen molar-refractivity contribution in [1.82, 2.24) is 5.32 Å². The van der Waals surface area contributed by atoms with Gasteiger partial charge >= 0.3 is 0 Å². The van der Waals surface area contributed by atoms with Crippen molar-refractivity contribution >= 4 is 35.6 Å². The fraction of sp³-hybridized carbons (Fsp3) is 0.471. The number of nitrogens with one attached hydrogen (secondary N) is 1. The first-order valence-electron chi connectivity index (χ1n) is 7.84. The molecule has 0 saturated heterocycles.